The number of anilines is 1. The van der Waals surface area contributed by atoms with Crippen LogP contribution in [-0.4, -0.2) is 33.1 Å². The molecule has 1 saturated heterocycles. The molecule has 0 radical (unpaired) electrons. The van der Waals surface area contributed by atoms with Crippen molar-refractivity contribution in [3.63, 3.8) is 0 Å². The van der Waals surface area contributed by atoms with Crippen molar-refractivity contribution in [3.05, 3.63) is 60.1 Å². The molecule has 6 heteroatoms. The van der Waals surface area contributed by atoms with Crippen LogP contribution in [0.1, 0.15) is 30.2 Å². The molecule has 2 N–H and O–H groups in total. The van der Waals surface area contributed by atoms with Gasteiger partial charge in [-0.05, 0) is 55.8 Å². The van der Waals surface area contributed by atoms with Gasteiger partial charge in [0.15, 0.2) is 0 Å². The van der Waals surface area contributed by atoms with Gasteiger partial charge in [0.1, 0.15) is 5.69 Å². The number of benzene rings is 1. The number of nitrogens with two attached hydrogens (primary N) is 1. The van der Waals surface area contributed by atoms with Crippen LogP contribution in [0.4, 0.5) is 5.69 Å². The molecule has 4 rings (SSSR count). The Hall–Kier alpha value is -2.73. The first kappa shape index (κ1) is 15.8. The van der Waals surface area contributed by atoms with Crippen molar-refractivity contribution in [2.45, 2.75) is 25.3 Å². The average Bonchev–Trinajstić information content (AvgIpc) is 3.13. The maximum Gasteiger partial charge on any atom is 0.230 e. The maximum absolute atomic E-state index is 5.86. The number of piperidine rings is 1. The van der Waals surface area contributed by atoms with Crippen LogP contribution < -0.4 is 5.73 Å². The maximum atomic E-state index is 5.86. The van der Waals surface area contributed by atoms with E-state index in [-0.39, 0.29) is 0 Å². The molecular formula is C19H21N5O. The quantitative estimate of drug-likeness (QED) is 0.738. The van der Waals surface area contributed by atoms with Gasteiger partial charge in [-0.1, -0.05) is 23.4 Å². The van der Waals surface area contributed by atoms with E-state index in [2.05, 4.69) is 26.1 Å². The third-order valence-corrected chi connectivity index (χ3v) is 4.63. The van der Waals surface area contributed by atoms with E-state index in [1.54, 1.807) is 6.20 Å². The van der Waals surface area contributed by atoms with Crippen LogP contribution >= 0.6 is 0 Å². The molecule has 1 fully saturated rings. The van der Waals surface area contributed by atoms with Crippen molar-refractivity contribution in [2.75, 3.05) is 18.8 Å². The summed E-state index contributed by atoms with van der Waals surface area (Å²) in [5, 5.41) is 4.08. The summed E-state index contributed by atoms with van der Waals surface area (Å²) in [4.78, 5) is 11.3. The molecule has 0 unspecified atom stereocenters. The van der Waals surface area contributed by atoms with Gasteiger partial charge in [-0.3, -0.25) is 9.88 Å². The first-order chi connectivity index (χ1) is 12.3. The van der Waals surface area contributed by atoms with Crippen molar-refractivity contribution >= 4 is 5.69 Å². The zero-order chi connectivity index (χ0) is 17.1. The van der Waals surface area contributed by atoms with Gasteiger partial charge < -0.3 is 10.3 Å². The predicted octanol–water partition coefficient (Wildman–Crippen LogP) is 3.09. The normalized spacial score (nSPS) is 16.2. The van der Waals surface area contributed by atoms with Crippen LogP contribution in [0, 0.1) is 0 Å². The highest BCUT2D eigenvalue weighted by atomic mass is 16.5. The van der Waals surface area contributed by atoms with Crippen molar-refractivity contribution in [2.24, 2.45) is 0 Å². The van der Waals surface area contributed by atoms with E-state index < -0.39 is 0 Å². The molecule has 3 heterocycles. The third kappa shape index (κ3) is 3.69. The fourth-order valence-corrected chi connectivity index (χ4v) is 3.29. The van der Waals surface area contributed by atoms with E-state index in [0.29, 0.717) is 11.7 Å². The Morgan fingerprint density at radius 3 is 2.76 bits per heavy atom. The number of hydrogen-bond donors (Lipinski definition) is 1. The number of likely N-dealkylation sites (tertiary alicyclic amines) is 1. The van der Waals surface area contributed by atoms with Gasteiger partial charge in [0.2, 0.25) is 11.7 Å². The van der Waals surface area contributed by atoms with Crippen LogP contribution in [0.15, 0.2) is 53.2 Å². The molecule has 1 aromatic carbocycles. The second kappa shape index (κ2) is 7.03. The highest BCUT2D eigenvalue weighted by molar-refractivity contribution is 5.47. The Labute approximate surface area is 146 Å². The Morgan fingerprint density at radius 1 is 1.12 bits per heavy atom. The molecule has 0 spiro atoms. The number of rotatable bonds is 4. The average molecular weight is 335 g/mol. The number of aromatic nitrogens is 3. The predicted molar refractivity (Wildman–Crippen MR) is 95.6 cm³/mol. The molecule has 3 aromatic rings. The van der Waals surface area contributed by atoms with Crippen LogP contribution in [-0.2, 0) is 6.54 Å². The van der Waals surface area contributed by atoms with Crippen LogP contribution in [0.3, 0.4) is 0 Å². The lowest BCUT2D eigenvalue weighted by atomic mass is 9.96. The summed E-state index contributed by atoms with van der Waals surface area (Å²) >= 11 is 0. The first-order valence-electron chi connectivity index (χ1n) is 8.60. The molecule has 1 aliphatic rings. The highest BCUT2D eigenvalue weighted by Crippen LogP contribution is 2.28. The molecule has 128 valence electrons. The molecule has 2 aromatic heterocycles. The summed E-state index contributed by atoms with van der Waals surface area (Å²) in [6.07, 6.45) is 3.78. The summed E-state index contributed by atoms with van der Waals surface area (Å²) in [7, 11) is 0. The van der Waals surface area contributed by atoms with E-state index in [1.807, 2.05) is 36.4 Å². The first-order valence-corrected chi connectivity index (χ1v) is 8.60. The van der Waals surface area contributed by atoms with E-state index >= 15 is 0 Å². The zero-order valence-electron chi connectivity index (χ0n) is 14.0. The molecule has 0 atom stereocenters. The van der Waals surface area contributed by atoms with Gasteiger partial charge in [0.05, 0.1) is 0 Å². The zero-order valence-corrected chi connectivity index (χ0v) is 14.0. The second-order valence-corrected chi connectivity index (χ2v) is 6.47. The Morgan fingerprint density at radius 2 is 2.00 bits per heavy atom. The van der Waals surface area contributed by atoms with Gasteiger partial charge >= 0.3 is 0 Å². The van der Waals surface area contributed by atoms with Crippen molar-refractivity contribution < 1.29 is 4.52 Å². The standard InChI is InChI=1S/C19H21N5O/c20-16-5-3-4-14(12-16)13-24-10-7-15(8-11-24)19-22-18(23-25-19)17-6-1-2-9-21-17/h1-6,9,12,15H,7-8,10-11,13,20H2. The number of hydrogen-bond acceptors (Lipinski definition) is 6. The monoisotopic (exact) mass is 335 g/mol. The molecule has 0 aliphatic carbocycles. The van der Waals surface area contributed by atoms with E-state index in [0.717, 1.165) is 49.7 Å². The van der Waals surface area contributed by atoms with E-state index in [9.17, 15) is 0 Å². The highest BCUT2D eigenvalue weighted by Gasteiger charge is 2.25. The lowest BCUT2D eigenvalue weighted by Crippen LogP contribution is -2.32. The SMILES string of the molecule is Nc1cccc(CN2CCC(c3nc(-c4ccccn4)no3)CC2)c1. The summed E-state index contributed by atoms with van der Waals surface area (Å²) in [5.41, 5.74) is 8.69. The fraction of sp³-hybridized carbons (Fsp3) is 0.316. The van der Waals surface area contributed by atoms with Gasteiger partial charge in [-0.25, -0.2) is 0 Å². The smallest absolute Gasteiger partial charge is 0.230 e. The van der Waals surface area contributed by atoms with Crippen LogP contribution in [0.2, 0.25) is 0 Å². The van der Waals surface area contributed by atoms with Crippen molar-refractivity contribution in [1.82, 2.24) is 20.0 Å². The summed E-state index contributed by atoms with van der Waals surface area (Å²) < 4.78 is 5.49. The third-order valence-electron chi connectivity index (χ3n) is 4.63. The number of nitrogens with zero attached hydrogens (tertiary/aromatic N) is 4. The van der Waals surface area contributed by atoms with E-state index in [4.69, 9.17) is 10.3 Å². The number of pyridine rings is 1. The Balaban J connectivity index is 1.37. The van der Waals surface area contributed by atoms with Gasteiger partial charge in [-0.2, -0.15) is 4.98 Å². The molecule has 6 nitrogen and oxygen atoms in total. The molecule has 1 aliphatic heterocycles. The summed E-state index contributed by atoms with van der Waals surface area (Å²) in [6.45, 7) is 2.96. The largest absolute Gasteiger partial charge is 0.399 e. The van der Waals surface area contributed by atoms with Crippen LogP contribution in [0.25, 0.3) is 11.5 Å². The summed E-state index contributed by atoms with van der Waals surface area (Å²) in [6, 6.07) is 13.8. The molecule has 0 saturated carbocycles. The minimum absolute atomic E-state index is 0.321. The molecule has 0 bridgehead atoms. The fourth-order valence-electron chi connectivity index (χ4n) is 3.29. The van der Waals surface area contributed by atoms with Gasteiger partial charge in [0, 0.05) is 24.3 Å². The van der Waals surface area contributed by atoms with Gasteiger partial charge in [0.25, 0.3) is 0 Å². The molecule has 25 heavy (non-hydrogen) atoms. The lowest BCUT2D eigenvalue weighted by Gasteiger charge is -2.30. The Kier molecular flexibility index (Phi) is 4.43. The topological polar surface area (TPSA) is 81.1 Å². The molecule has 0 amide bonds. The second-order valence-electron chi connectivity index (χ2n) is 6.47. The van der Waals surface area contributed by atoms with Crippen molar-refractivity contribution in [1.29, 1.82) is 0 Å². The number of nitrogen functional groups attached to an aromatic ring is 1. The van der Waals surface area contributed by atoms with E-state index in [1.165, 1.54) is 5.56 Å². The summed E-state index contributed by atoms with van der Waals surface area (Å²) in [5.74, 6) is 1.61. The van der Waals surface area contributed by atoms with Crippen molar-refractivity contribution in [3.8, 4) is 11.5 Å². The van der Waals surface area contributed by atoms with Gasteiger partial charge in [-0.15, -0.1) is 0 Å². The van der Waals surface area contributed by atoms with Crippen LogP contribution in [0.5, 0.6) is 0 Å². The minimum Gasteiger partial charge on any atom is -0.399 e. The molecular weight excluding hydrogens is 314 g/mol. The Bertz CT molecular complexity index is 825. The lowest BCUT2D eigenvalue weighted by molar-refractivity contribution is 0.187. The minimum atomic E-state index is 0.321.